The van der Waals surface area contributed by atoms with E-state index in [1.165, 1.54) is 0 Å². The van der Waals surface area contributed by atoms with Crippen molar-refractivity contribution in [2.75, 3.05) is 13.7 Å². The van der Waals surface area contributed by atoms with Gasteiger partial charge in [-0.2, -0.15) is 0 Å². The molecule has 0 saturated carbocycles. The highest BCUT2D eigenvalue weighted by Crippen LogP contribution is 2.21. The van der Waals surface area contributed by atoms with Gasteiger partial charge in [-0.1, -0.05) is 60.7 Å². The lowest BCUT2D eigenvalue weighted by Crippen LogP contribution is -2.16. The summed E-state index contributed by atoms with van der Waals surface area (Å²) in [5.41, 5.74) is 5.86. The predicted molar refractivity (Wildman–Crippen MR) is 107 cm³/mol. The summed E-state index contributed by atoms with van der Waals surface area (Å²) in [5, 5.41) is 0. The second-order valence-electron chi connectivity index (χ2n) is 6.21. The normalized spacial score (nSPS) is 13.7. The number of carbonyl (C=O) groups excluding carboxylic acids is 1. The van der Waals surface area contributed by atoms with Gasteiger partial charge in [0.2, 0.25) is 0 Å². The Labute approximate surface area is 159 Å². The van der Waals surface area contributed by atoms with Crippen molar-refractivity contribution in [2.24, 2.45) is 0 Å². The average molecular weight is 358 g/mol. The van der Waals surface area contributed by atoms with Crippen LogP contribution in [0.5, 0.6) is 5.75 Å². The van der Waals surface area contributed by atoms with E-state index < -0.39 is 6.10 Å². The van der Waals surface area contributed by atoms with Crippen LogP contribution in [0.3, 0.4) is 0 Å². The summed E-state index contributed by atoms with van der Waals surface area (Å²) in [6.07, 6.45) is 9.36. The molecule has 1 aliphatic carbocycles. The van der Waals surface area contributed by atoms with Crippen molar-refractivity contribution in [3.63, 3.8) is 0 Å². The van der Waals surface area contributed by atoms with Gasteiger partial charge in [-0.3, -0.25) is 4.79 Å². The quantitative estimate of drug-likeness (QED) is 0.638. The number of rotatable bonds is 8. The molecular weight excluding hydrogens is 336 g/mol. The summed E-state index contributed by atoms with van der Waals surface area (Å²) >= 11 is 0. The molecular formula is C24H22O3. The molecule has 3 heteroatoms. The molecule has 0 aliphatic heterocycles. The molecule has 0 bridgehead atoms. The van der Waals surface area contributed by atoms with Crippen molar-refractivity contribution in [2.45, 2.75) is 12.5 Å². The Morgan fingerprint density at radius 3 is 2.74 bits per heavy atom. The van der Waals surface area contributed by atoms with Crippen LogP contribution in [0.2, 0.25) is 0 Å². The molecule has 0 unspecified atom stereocenters. The van der Waals surface area contributed by atoms with Gasteiger partial charge in [0.25, 0.3) is 0 Å². The first-order valence-corrected chi connectivity index (χ1v) is 8.87. The fraction of sp³-hybridized carbons (Fsp3) is 0.167. The Hall–Kier alpha value is -3.13. The van der Waals surface area contributed by atoms with E-state index in [0.29, 0.717) is 13.0 Å². The number of carbonyl (C=O) groups is 1. The van der Waals surface area contributed by atoms with Crippen molar-refractivity contribution in [3.05, 3.63) is 107 Å². The number of hydrogen-bond acceptors (Lipinski definition) is 3. The van der Waals surface area contributed by atoms with Crippen LogP contribution >= 0.6 is 0 Å². The topological polar surface area (TPSA) is 35.5 Å². The van der Waals surface area contributed by atoms with Crippen LogP contribution in [0.1, 0.15) is 17.2 Å². The van der Waals surface area contributed by atoms with E-state index in [4.69, 9.17) is 9.47 Å². The molecule has 1 aliphatic rings. The minimum atomic E-state index is -0.560. The van der Waals surface area contributed by atoms with Gasteiger partial charge in [-0.05, 0) is 41.0 Å². The van der Waals surface area contributed by atoms with E-state index in [-0.39, 0.29) is 5.78 Å². The summed E-state index contributed by atoms with van der Waals surface area (Å²) < 4.78 is 11.3. The second kappa shape index (κ2) is 9.54. The fourth-order valence-electron chi connectivity index (χ4n) is 2.87. The Morgan fingerprint density at radius 2 is 1.93 bits per heavy atom. The van der Waals surface area contributed by atoms with Crippen LogP contribution in [0, 0.1) is 0 Å². The van der Waals surface area contributed by atoms with Crippen LogP contribution in [-0.4, -0.2) is 19.5 Å². The Balaban J connectivity index is 1.64. The SMILES string of the molecule is CO[C@H](C(=O)Cc1cccc(OCC2=CC=CC=C=C2)c1)c1ccccc1. The van der Waals surface area contributed by atoms with E-state index in [1.54, 1.807) is 7.11 Å². The zero-order valence-corrected chi connectivity index (χ0v) is 15.3. The number of hydrogen-bond donors (Lipinski definition) is 0. The summed E-state index contributed by atoms with van der Waals surface area (Å²) in [4.78, 5) is 12.7. The average Bonchev–Trinajstić information content (AvgIpc) is 2.97. The van der Waals surface area contributed by atoms with Gasteiger partial charge in [-0.25, -0.2) is 0 Å². The minimum Gasteiger partial charge on any atom is -0.489 e. The summed E-state index contributed by atoms with van der Waals surface area (Å²) in [5.74, 6) is 0.756. The van der Waals surface area contributed by atoms with Crippen LogP contribution in [0.4, 0.5) is 0 Å². The van der Waals surface area contributed by atoms with Crippen molar-refractivity contribution >= 4 is 5.78 Å². The molecule has 0 N–H and O–H groups in total. The van der Waals surface area contributed by atoms with Gasteiger partial charge < -0.3 is 9.47 Å². The minimum absolute atomic E-state index is 0.0190. The molecule has 2 aromatic carbocycles. The first-order valence-electron chi connectivity index (χ1n) is 8.87. The van der Waals surface area contributed by atoms with E-state index in [0.717, 1.165) is 22.4 Å². The number of ketones is 1. The van der Waals surface area contributed by atoms with Crippen molar-refractivity contribution < 1.29 is 14.3 Å². The third-order valence-electron chi connectivity index (χ3n) is 4.20. The molecule has 0 radical (unpaired) electrons. The molecule has 0 amide bonds. The maximum absolute atomic E-state index is 12.7. The number of allylic oxidation sites excluding steroid dienone is 3. The molecule has 27 heavy (non-hydrogen) atoms. The van der Waals surface area contributed by atoms with Gasteiger partial charge in [0, 0.05) is 13.5 Å². The monoisotopic (exact) mass is 358 g/mol. The maximum atomic E-state index is 12.7. The van der Waals surface area contributed by atoms with E-state index in [2.05, 4.69) is 5.73 Å². The molecule has 0 heterocycles. The highest BCUT2D eigenvalue weighted by molar-refractivity contribution is 5.86. The zero-order valence-electron chi connectivity index (χ0n) is 15.3. The van der Waals surface area contributed by atoms with E-state index in [1.807, 2.05) is 85.0 Å². The van der Waals surface area contributed by atoms with Crippen molar-refractivity contribution in [1.29, 1.82) is 0 Å². The first-order chi connectivity index (χ1) is 13.3. The van der Waals surface area contributed by atoms with Crippen LogP contribution in [-0.2, 0) is 16.0 Å². The Kier molecular flexibility index (Phi) is 6.59. The maximum Gasteiger partial charge on any atom is 0.170 e. The molecule has 0 saturated heterocycles. The molecule has 2 aromatic rings. The number of ether oxygens (including phenoxy) is 2. The Morgan fingerprint density at radius 1 is 1.07 bits per heavy atom. The highest BCUT2D eigenvalue weighted by Gasteiger charge is 2.20. The molecule has 1 atom stereocenters. The highest BCUT2D eigenvalue weighted by atomic mass is 16.5. The largest absolute Gasteiger partial charge is 0.489 e. The predicted octanol–water partition coefficient (Wildman–Crippen LogP) is 4.77. The van der Waals surface area contributed by atoms with Crippen molar-refractivity contribution in [3.8, 4) is 5.75 Å². The summed E-state index contributed by atoms with van der Waals surface area (Å²) in [7, 11) is 1.56. The molecule has 0 aromatic heterocycles. The van der Waals surface area contributed by atoms with Gasteiger partial charge in [0.15, 0.2) is 5.78 Å². The van der Waals surface area contributed by atoms with E-state index >= 15 is 0 Å². The molecule has 0 fully saturated rings. The lowest BCUT2D eigenvalue weighted by molar-refractivity contribution is -0.128. The van der Waals surface area contributed by atoms with Gasteiger partial charge >= 0.3 is 0 Å². The third kappa shape index (κ3) is 5.42. The number of benzene rings is 2. The third-order valence-corrected chi connectivity index (χ3v) is 4.20. The van der Waals surface area contributed by atoms with Gasteiger partial charge in [0.1, 0.15) is 18.5 Å². The van der Waals surface area contributed by atoms with E-state index in [9.17, 15) is 4.79 Å². The number of Topliss-reactive ketones (excluding diaryl/α,β-unsaturated/α-hetero) is 1. The van der Waals surface area contributed by atoms with Crippen molar-refractivity contribution in [1.82, 2.24) is 0 Å². The lowest BCUT2D eigenvalue weighted by Gasteiger charge is -2.15. The zero-order chi connectivity index (χ0) is 18.9. The Bertz CT molecular complexity index is 900. The second-order valence-corrected chi connectivity index (χ2v) is 6.21. The van der Waals surface area contributed by atoms with Crippen LogP contribution in [0.15, 0.2) is 96.3 Å². The molecule has 3 rings (SSSR count). The molecule has 3 nitrogen and oxygen atoms in total. The molecule has 0 spiro atoms. The number of methoxy groups -OCH3 is 1. The lowest BCUT2D eigenvalue weighted by atomic mass is 10.00. The fourth-order valence-corrected chi connectivity index (χ4v) is 2.87. The van der Waals surface area contributed by atoms with Crippen LogP contribution < -0.4 is 4.74 Å². The van der Waals surface area contributed by atoms with Gasteiger partial charge in [-0.15, -0.1) is 5.73 Å². The summed E-state index contributed by atoms with van der Waals surface area (Å²) in [6.45, 7) is 0.452. The van der Waals surface area contributed by atoms with Crippen LogP contribution in [0.25, 0.3) is 0 Å². The smallest absolute Gasteiger partial charge is 0.170 e. The first kappa shape index (κ1) is 18.7. The summed E-state index contributed by atoms with van der Waals surface area (Å²) in [6, 6.07) is 17.2. The standard InChI is InChI=1S/C24H22O3/c1-26-24(21-13-7-4-8-14-21)23(25)17-20-12-9-15-22(16-20)27-18-19-10-5-2-3-6-11-19/h2-5,7-16,24H,17-18H2,1H3/t24-/m0/s1. The van der Waals surface area contributed by atoms with Gasteiger partial charge in [0.05, 0.1) is 0 Å². The molecule has 136 valence electrons.